The largest absolute Gasteiger partial charge is 0.334 e. The molecule has 1 atom stereocenters. The molecule has 2 rings (SSSR count). The summed E-state index contributed by atoms with van der Waals surface area (Å²) in [5.41, 5.74) is 3.94. The lowest BCUT2D eigenvalue weighted by molar-refractivity contribution is -0.114. The first-order valence-corrected chi connectivity index (χ1v) is 8.30. The van der Waals surface area contributed by atoms with Crippen LogP contribution in [0.2, 0.25) is 0 Å². The Bertz CT molecular complexity index is 741. The summed E-state index contributed by atoms with van der Waals surface area (Å²) in [6.45, 7) is 5.91. The van der Waals surface area contributed by atoms with E-state index in [-0.39, 0.29) is 18.0 Å². The van der Waals surface area contributed by atoms with Crippen LogP contribution in [0.25, 0.3) is 0 Å². The first-order chi connectivity index (χ1) is 11.9. The fraction of sp³-hybridized carbons (Fsp3) is 0.300. The molecule has 5 heteroatoms. The van der Waals surface area contributed by atoms with E-state index in [0.717, 1.165) is 16.8 Å². The van der Waals surface area contributed by atoms with Crippen LogP contribution in [-0.4, -0.2) is 23.9 Å². The zero-order valence-electron chi connectivity index (χ0n) is 15.2. The second kappa shape index (κ2) is 8.33. The minimum Gasteiger partial charge on any atom is -0.334 e. The molecule has 2 N–H and O–H groups in total. The molecule has 0 spiro atoms. The van der Waals surface area contributed by atoms with E-state index < -0.39 is 0 Å². The second-order valence-electron chi connectivity index (χ2n) is 6.24. The molecule has 5 nitrogen and oxygen atoms in total. The molecule has 0 fully saturated rings. The maximum Gasteiger partial charge on any atom is 0.317 e. The summed E-state index contributed by atoms with van der Waals surface area (Å²) in [5, 5.41) is 5.65. The van der Waals surface area contributed by atoms with Gasteiger partial charge in [-0.3, -0.25) is 4.79 Å². The number of urea groups is 1. The van der Waals surface area contributed by atoms with Crippen molar-refractivity contribution in [2.24, 2.45) is 0 Å². The van der Waals surface area contributed by atoms with E-state index in [2.05, 4.69) is 10.6 Å². The molecule has 2 aromatic rings. The maximum atomic E-state index is 12.4. The summed E-state index contributed by atoms with van der Waals surface area (Å²) in [5.74, 6) is -0.118. The van der Waals surface area contributed by atoms with E-state index in [1.807, 2.05) is 62.4 Å². The molecule has 2 aromatic carbocycles. The molecule has 0 heterocycles. The monoisotopic (exact) mass is 339 g/mol. The third kappa shape index (κ3) is 5.35. The Kier molecular flexibility index (Phi) is 6.17. The van der Waals surface area contributed by atoms with E-state index in [4.69, 9.17) is 0 Å². The Morgan fingerprint density at radius 1 is 1.12 bits per heavy atom. The van der Waals surface area contributed by atoms with Gasteiger partial charge in [0.2, 0.25) is 5.91 Å². The average molecular weight is 339 g/mol. The number of amides is 3. The molecule has 0 aliphatic rings. The van der Waals surface area contributed by atoms with Crippen LogP contribution in [0.1, 0.15) is 36.6 Å². The van der Waals surface area contributed by atoms with Crippen LogP contribution in [0.5, 0.6) is 0 Å². The highest BCUT2D eigenvalue weighted by Crippen LogP contribution is 2.19. The van der Waals surface area contributed by atoms with E-state index in [1.165, 1.54) is 12.5 Å². The van der Waals surface area contributed by atoms with Crippen LogP contribution in [0, 0.1) is 6.92 Å². The molecular weight excluding hydrogens is 314 g/mol. The maximum absolute atomic E-state index is 12.4. The van der Waals surface area contributed by atoms with Crippen molar-refractivity contribution in [1.82, 2.24) is 10.2 Å². The topological polar surface area (TPSA) is 61.4 Å². The summed E-state index contributed by atoms with van der Waals surface area (Å²) >= 11 is 0. The molecule has 0 saturated carbocycles. The highest BCUT2D eigenvalue weighted by atomic mass is 16.2. The van der Waals surface area contributed by atoms with E-state index >= 15 is 0 Å². The molecule has 0 aliphatic heterocycles. The summed E-state index contributed by atoms with van der Waals surface area (Å²) < 4.78 is 0. The predicted molar refractivity (Wildman–Crippen MR) is 100 cm³/mol. The van der Waals surface area contributed by atoms with Gasteiger partial charge in [0.25, 0.3) is 0 Å². The van der Waals surface area contributed by atoms with Crippen molar-refractivity contribution in [3.05, 3.63) is 65.2 Å². The molecule has 0 saturated heterocycles. The first kappa shape index (κ1) is 18.5. The SMILES string of the molecule is CC(=O)Nc1cccc(CNC(=O)N(C)[C@@H](C)c2ccc(C)cc2)c1. The summed E-state index contributed by atoms with van der Waals surface area (Å²) in [7, 11) is 1.79. The minimum atomic E-state index is -0.141. The lowest BCUT2D eigenvalue weighted by Gasteiger charge is -2.25. The Balaban J connectivity index is 1.95. The highest BCUT2D eigenvalue weighted by Gasteiger charge is 2.16. The van der Waals surface area contributed by atoms with Crippen LogP contribution < -0.4 is 10.6 Å². The van der Waals surface area contributed by atoms with Crippen molar-refractivity contribution in [3.8, 4) is 0 Å². The number of hydrogen-bond donors (Lipinski definition) is 2. The zero-order valence-corrected chi connectivity index (χ0v) is 15.2. The highest BCUT2D eigenvalue weighted by molar-refractivity contribution is 5.88. The van der Waals surface area contributed by atoms with Gasteiger partial charge in [-0.05, 0) is 37.1 Å². The van der Waals surface area contributed by atoms with Crippen LogP contribution in [0.4, 0.5) is 10.5 Å². The number of carbonyl (C=O) groups excluding carboxylic acids is 2. The lowest BCUT2D eigenvalue weighted by atomic mass is 10.1. The van der Waals surface area contributed by atoms with Crippen LogP contribution in [0.3, 0.4) is 0 Å². The number of hydrogen-bond acceptors (Lipinski definition) is 2. The minimum absolute atomic E-state index is 0.0219. The number of carbonyl (C=O) groups is 2. The number of nitrogens with zero attached hydrogens (tertiary/aromatic N) is 1. The van der Waals surface area contributed by atoms with Crippen LogP contribution >= 0.6 is 0 Å². The number of nitrogens with one attached hydrogen (secondary N) is 2. The number of benzene rings is 2. The Morgan fingerprint density at radius 2 is 1.80 bits per heavy atom. The third-order valence-corrected chi connectivity index (χ3v) is 4.15. The van der Waals surface area contributed by atoms with Gasteiger partial charge in [-0.15, -0.1) is 0 Å². The summed E-state index contributed by atoms with van der Waals surface area (Å²) in [6, 6.07) is 15.4. The zero-order chi connectivity index (χ0) is 18.4. The van der Waals surface area contributed by atoms with Gasteiger partial charge in [0.1, 0.15) is 0 Å². The predicted octanol–water partition coefficient (Wildman–Crippen LogP) is 3.86. The lowest BCUT2D eigenvalue weighted by Crippen LogP contribution is -2.38. The number of rotatable bonds is 5. The van der Waals surface area contributed by atoms with Gasteiger partial charge in [0.05, 0.1) is 6.04 Å². The Hall–Kier alpha value is -2.82. The van der Waals surface area contributed by atoms with Crippen LogP contribution in [0.15, 0.2) is 48.5 Å². The normalized spacial score (nSPS) is 11.5. The Labute approximate surface area is 149 Å². The quantitative estimate of drug-likeness (QED) is 0.869. The van der Waals surface area contributed by atoms with E-state index in [0.29, 0.717) is 6.54 Å². The van der Waals surface area contributed by atoms with Crippen molar-refractivity contribution in [1.29, 1.82) is 0 Å². The van der Waals surface area contributed by atoms with Gasteiger partial charge in [0.15, 0.2) is 0 Å². The van der Waals surface area contributed by atoms with Gasteiger partial charge in [-0.1, -0.05) is 42.0 Å². The fourth-order valence-corrected chi connectivity index (χ4v) is 2.51. The first-order valence-electron chi connectivity index (χ1n) is 8.30. The molecule has 132 valence electrons. The molecule has 0 unspecified atom stereocenters. The number of aryl methyl sites for hydroxylation is 1. The standard InChI is InChI=1S/C20H25N3O2/c1-14-8-10-18(11-9-14)15(2)23(4)20(25)21-13-17-6-5-7-19(12-17)22-16(3)24/h5-12,15H,13H2,1-4H3,(H,21,25)(H,22,24)/t15-/m0/s1. The molecule has 0 bridgehead atoms. The molecule has 0 radical (unpaired) electrons. The average Bonchev–Trinajstić information content (AvgIpc) is 2.59. The van der Waals surface area contributed by atoms with Gasteiger partial charge in [0, 0.05) is 26.2 Å². The molecule has 0 aliphatic carbocycles. The third-order valence-electron chi connectivity index (χ3n) is 4.15. The summed E-state index contributed by atoms with van der Waals surface area (Å²) in [6.07, 6.45) is 0. The molecule has 25 heavy (non-hydrogen) atoms. The second-order valence-corrected chi connectivity index (χ2v) is 6.24. The smallest absolute Gasteiger partial charge is 0.317 e. The molecule has 0 aromatic heterocycles. The van der Waals surface area contributed by atoms with Gasteiger partial charge in [-0.25, -0.2) is 4.79 Å². The van der Waals surface area contributed by atoms with E-state index in [9.17, 15) is 9.59 Å². The Morgan fingerprint density at radius 3 is 2.44 bits per heavy atom. The summed E-state index contributed by atoms with van der Waals surface area (Å²) in [4.78, 5) is 25.2. The van der Waals surface area contributed by atoms with Crippen molar-refractivity contribution in [2.45, 2.75) is 33.4 Å². The van der Waals surface area contributed by atoms with Crippen LogP contribution in [-0.2, 0) is 11.3 Å². The van der Waals surface area contributed by atoms with Gasteiger partial charge in [-0.2, -0.15) is 0 Å². The van der Waals surface area contributed by atoms with Crippen molar-refractivity contribution in [2.75, 3.05) is 12.4 Å². The fourth-order valence-electron chi connectivity index (χ4n) is 2.51. The van der Waals surface area contributed by atoms with Gasteiger partial charge >= 0.3 is 6.03 Å². The van der Waals surface area contributed by atoms with Crippen molar-refractivity contribution < 1.29 is 9.59 Å². The molecule has 3 amide bonds. The number of anilines is 1. The van der Waals surface area contributed by atoms with Crippen molar-refractivity contribution in [3.63, 3.8) is 0 Å². The van der Waals surface area contributed by atoms with E-state index in [1.54, 1.807) is 11.9 Å². The van der Waals surface area contributed by atoms with Crippen molar-refractivity contribution >= 4 is 17.6 Å². The molecular formula is C20H25N3O2. The van der Waals surface area contributed by atoms with Gasteiger partial charge < -0.3 is 15.5 Å².